The first kappa shape index (κ1) is 20.4. The van der Waals surface area contributed by atoms with Gasteiger partial charge in [-0.05, 0) is 91.5 Å². The average molecular weight is 425 g/mol. The number of nitrogens with zero attached hydrogens (tertiary/aromatic N) is 2. The summed E-state index contributed by atoms with van der Waals surface area (Å²) in [4.78, 5) is 7.25. The molecule has 1 unspecified atom stereocenters. The average Bonchev–Trinajstić information content (AvgIpc) is 2.69. The van der Waals surface area contributed by atoms with Crippen LogP contribution in [0.15, 0.2) is 59.6 Å². The van der Waals surface area contributed by atoms with E-state index in [4.69, 9.17) is 28.2 Å². The summed E-state index contributed by atoms with van der Waals surface area (Å²) in [6, 6.07) is 19.1. The minimum absolute atomic E-state index is 0.320. The van der Waals surface area contributed by atoms with Gasteiger partial charge in [-0.3, -0.25) is 4.99 Å². The first-order valence-corrected chi connectivity index (χ1v) is 10.9. The monoisotopic (exact) mass is 424 g/mol. The molecule has 0 saturated heterocycles. The van der Waals surface area contributed by atoms with Crippen LogP contribution in [0.3, 0.4) is 0 Å². The van der Waals surface area contributed by atoms with Crippen LogP contribution in [0.4, 0.5) is 0 Å². The highest BCUT2D eigenvalue weighted by Crippen LogP contribution is 2.38. The van der Waals surface area contributed by atoms with Crippen LogP contribution in [-0.4, -0.2) is 37.8 Å². The molecule has 0 fully saturated rings. The van der Waals surface area contributed by atoms with Crippen LogP contribution in [0, 0.1) is 0 Å². The normalized spacial score (nSPS) is 17.8. The van der Waals surface area contributed by atoms with E-state index in [1.807, 2.05) is 12.1 Å². The van der Waals surface area contributed by atoms with Gasteiger partial charge in [0.05, 0.1) is 0 Å². The number of fused-ring (bicyclic) bond motifs is 2. The maximum atomic E-state index is 6.56. The van der Waals surface area contributed by atoms with E-state index in [1.54, 1.807) is 0 Å². The summed E-state index contributed by atoms with van der Waals surface area (Å²) in [6.45, 7) is 1.90. The van der Waals surface area contributed by atoms with Gasteiger partial charge in [-0.1, -0.05) is 59.6 Å². The molecule has 4 rings (SSSR count). The van der Waals surface area contributed by atoms with Crippen LogP contribution < -0.4 is 0 Å². The van der Waals surface area contributed by atoms with Crippen LogP contribution in [0.5, 0.6) is 0 Å². The van der Waals surface area contributed by atoms with Crippen molar-refractivity contribution in [3.8, 4) is 0 Å². The molecule has 150 valence electrons. The van der Waals surface area contributed by atoms with E-state index < -0.39 is 0 Å². The Bertz CT molecular complexity index is 1060. The van der Waals surface area contributed by atoms with Crippen LogP contribution in [0.2, 0.25) is 10.0 Å². The second-order valence-electron chi connectivity index (χ2n) is 8.11. The molecule has 4 heteroatoms. The lowest BCUT2D eigenvalue weighted by Crippen LogP contribution is -2.21. The zero-order valence-corrected chi connectivity index (χ0v) is 18.5. The van der Waals surface area contributed by atoms with Gasteiger partial charge in [0.15, 0.2) is 0 Å². The highest BCUT2D eigenvalue weighted by Gasteiger charge is 2.26. The smallest absolute Gasteiger partial charge is 0.0455 e. The summed E-state index contributed by atoms with van der Waals surface area (Å²) >= 11 is 12.7. The van der Waals surface area contributed by atoms with Gasteiger partial charge in [0.2, 0.25) is 0 Å². The molecule has 0 aromatic heterocycles. The van der Waals surface area contributed by atoms with E-state index in [2.05, 4.69) is 61.5 Å². The van der Waals surface area contributed by atoms with E-state index in [1.165, 1.54) is 27.6 Å². The predicted molar refractivity (Wildman–Crippen MR) is 126 cm³/mol. The quantitative estimate of drug-likeness (QED) is 0.420. The standard InChI is InChI=1S/C25H26Cl2N2/c1-29(2)11-5-10-28-25-15-20(22-9-8-21(26)16-24(22)27)13-19-12-17-6-3-4-7-18(17)14-23(19)25/h3-4,6-9,12,14,16,20H,5,10-11,13,15H2,1-2H3. The third-order valence-electron chi connectivity index (χ3n) is 5.66. The Balaban J connectivity index is 1.72. The van der Waals surface area contributed by atoms with Gasteiger partial charge in [0.25, 0.3) is 0 Å². The molecule has 0 aliphatic heterocycles. The molecule has 29 heavy (non-hydrogen) atoms. The van der Waals surface area contributed by atoms with Gasteiger partial charge in [-0.2, -0.15) is 0 Å². The fourth-order valence-electron chi connectivity index (χ4n) is 4.21. The third kappa shape index (κ3) is 4.66. The third-order valence-corrected chi connectivity index (χ3v) is 6.22. The number of halogens is 2. The largest absolute Gasteiger partial charge is 0.309 e. The molecule has 1 atom stereocenters. The zero-order valence-electron chi connectivity index (χ0n) is 17.0. The van der Waals surface area contributed by atoms with Crippen molar-refractivity contribution in [3.05, 3.63) is 81.3 Å². The van der Waals surface area contributed by atoms with Gasteiger partial charge in [-0.15, -0.1) is 0 Å². The number of hydrogen-bond acceptors (Lipinski definition) is 2. The molecular formula is C25H26Cl2N2. The zero-order chi connectivity index (χ0) is 20.4. The summed E-state index contributed by atoms with van der Waals surface area (Å²) in [5, 5.41) is 3.98. The molecule has 0 heterocycles. The maximum absolute atomic E-state index is 6.56. The second-order valence-corrected chi connectivity index (χ2v) is 8.96. The van der Waals surface area contributed by atoms with E-state index in [9.17, 15) is 0 Å². The van der Waals surface area contributed by atoms with Crippen molar-refractivity contribution in [2.75, 3.05) is 27.2 Å². The van der Waals surface area contributed by atoms with E-state index in [0.717, 1.165) is 42.9 Å². The highest BCUT2D eigenvalue weighted by molar-refractivity contribution is 6.35. The number of benzene rings is 3. The topological polar surface area (TPSA) is 15.6 Å². The van der Waals surface area contributed by atoms with Gasteiger partial charge in [-0.25, -0.2) is 0 Å². The Morgan fingerprint density at radius 1 is 0.966 bits per heavy atom. The van der Waals surface area contributed by atoms with Crippen LogP contribution in [0.25, 0.3) is 10.8 Å². The fourth-order valence-corrected chi connectivity index (χ4v) is 4.77. The molecule has 3 aromatic rings. The van der Waals surface area contributed by atoms with E-state index in [0.29, 0.717) is 10.9 Å². The van der Waals surface area contributed by atoms with Gasteiger partial charge < -0.3 is 4.90 Å². The van der Waals surface area contributed by atoms with Gasteiger partial charge >= 0.3 is 0 Å². The summed E-state index contributed by atoms with van der Waals surface area (Å²) < 4.78 is 0. The molecule has 0 spiro atoms. The van der Waals surface area contributed by atoms with Crippen molar-refractivity contribution in [2.45, 2.75) is 25.2 Å². The SMILES string of the molecule is CN(C)CCCN=C1CC(c2ccc(Cl)cc2Cl)Cc2cc3ccccc3cc21. The van der Waals surface area contributed by atoms with Crippen LogP contribution in [0.1, 0.15) is 35.4 Å². The summed E-state index contributed by atoms with van der Waals surface area (Å²) in [5.41, 5.74) is 5.02. The Morgan fingerprint density at radius 3 is 2.45 bits per heavy atom. The minimum atomic E-state index is 0.320. The molecule has 0 amide bonds. The maximum Gasteiger partial charge on any atom is 0.0455 e. The van der Waals surface area contributed by atoms with Crippen LogP contribution >= 0.6 is 23.2 Å². The van der Waals surface area contributed by atoms with Crippen molar-refractivity contribution in [1.82, 2.24) is 4.90 Å². The second kappa shape index (κ2) is 8.87. The molecule has 0 saturated carbocycles. The molecule has 1 aliphatic carbocycles. The Labute approximate surface area is 183 Å². The summed E-state index contributed by atoms with van der Waals surface area (Å²) in [6.07, 6.45) is 2.94. The van der Waals surface area contributed by atoms with Gasteiger partial charge in [0.1, 0.15) is 0 Å². The van der Waals surface area contributed by atoms with Crippen LogP contribution in [-0.2, 0) is 6.42 Å². The van der Waals surface area contributed by atoms with Crippen molar-refractivity contribution in [3.63, 3.8) is 0 Å². The number of rotatable bonds is 5. The molecule has 0 radical (unpaired) electrons. The molecular weight excluding hydrogens is 399 g/mol. The Kier molecular flexibility index (Phi) is 6.24. The fraction of sp³-hybridized carbons (Fsp3) is 0.320. The molecule has 0 N–H and O–H groups in total. The van der Waals surface area contributed by atoms with Crippen molar-refractivity contribution in [1.29, 1.82) is 0 Å². The van der Waals surface area contributed by atoms with Gasteiger partial charge in [0, 0.05) is 22.3 Å². The predicted octanol–water partition coefficient (Wildman–Crippen LogP) is 6.62. The van der Waals surface area contributed by atoms with E-state index >= 15 is 0 Å². The molecule has 1 aliphatic rings. The lowest BCUT2D eigenvalue weighted by Gasteiger charge is -2.28. The number of hydrogen-bond donors (Lipinski definition) is 0. The molecule has 0 bridgehead atoms. The first-order chi connectivity index (χ1) is 14.0. The van der Waals surface area contributed by atoms with Crippen molar-refractivity contribution < 1.29 is 0 Å². The first-order valence-electron chi connectivity index (χ1n) is 10.2. The summed E-state index contributed by atoms with van der Waals surface area (Å²) in [5.74, 6) is 0.320. The molecule has 3 aromatic carbocycles. The van der Waals surface area contributed by atoms with E-state index in [-0.39, 0.29) is 0 Å². The van der Waals surface area contributed by atoms with Crippen molar-refractivity contribution >= 4 is 39.7 Å². The summed E-state index contributed by atoms with van der Waals surface area (Å²) in [7, 11) is 4.21. The minimum Gasteiger partial charge on any atom is -0.309 e. The lowest BCUT2D eigenvalue weighted by atomic mass is 9.78. The Morgan fingerprint density at radius 2 is 1.72 bits per heavy atom. The van der Waals surface area contributed by atoms with Crippen molar-refractivity contribution in [2.24, 2.45) is 4.99 Å². The number of aliphatic imine (C=N–C) groups is 1. The molecule has 2 nitrogen and oxygen atoms in total. The Hall–Kier alpha value is -1.87. The lowest BCUT2D eigenvalue weighted by molar-refractivity contribution is 0.403. The highest BCUT2D eigenvalue weighted by atomic mass is 35.5.